The van der Waals surface area contributed by atoms with Gasteiger partial charge < -0.3 is 10.6 Å². The first-order valence-corrected chi connectivity index (χ1v) is 8.54. The Bertz CT molecular complexity index is 451. The first-order valence-electron chi connectivity index (χ1n) is 7.05. The van der Waals surface area contributed by atoms with Crippen molar-refractivity contribution in [2.75, 3.05) is 29.5 Å². The molecule has 0 spiro atoms. The normalized spacial score (nSPS) is 18.6. The van der Waals surface area contributed by atoms with Crippen LogP contribution in [0.1, 0.15) is 24.5 Å². The lowest BCUT2D eigenvalue weighted by atomic mass is 10.0. The van der Waals surface area contributed by atoms with Crippen LogP contribution in [0.5, 0.6) is 0 Å². The highest BCUT2D eigenvalue weighted by Crippen LogP contribution is 2.23. The van der Waals surface area contributed by atoms with Crippen molar-refractivity contribution in [3.05, 3.63) is 29.3 Å². The van der Waals surface area contributed by atoms with Gasteiger partial charge in [-0.05, 0) is 37.0 Å². The van der Waals surface area contributed by atoms with Gasteiger partial charge in [0.1, 0.15) is 0 Å². The molecule has 0 saturated carbocycles. The first-order chi connectivity index (χ1) is 9.10. The van der Waals surface area contributed by atoms with Crippen molar-refractivity contribution in [3.63, 3.8) is 0 Å². The Labute approximate surface area is 118 Å². The molecule has 2 N–H and O–H groups in total. The number of benzene rings is 1. The van der Waals surface area contributed by atoms with Gasteiger partial charge in [-0.1, -0.05) is 19.1 Å². The van der Waals surface area contributed by atoms with Crippen LogP contribution in [-0.2, 0) is 17.2 Å². The molecule has 4 heteroatoms. The van der Waals surface area contributed by atoms with Crippen molar-refractivity contribution in [3.8, 4) is 0 Å². The maximum Gasteiger partial charge on any atom is 0.0411 e. The number of anilines is 1. The highest BCUT2D eigenvalue weighted by atomic mass is 32.2. The van der Waals surface area contributed by atoms with Crippen molar-refractivity contribution < 1.29 is 4.21 Å². The summed E-state index contributed by atoms with van der Waals surface area (Å²) in [7, 11) is -0.613. The summed E-state index contributed by atoms with van der Waals surface area (Å²) in [6, 6.07) is 6.88. The lowest BCUT2D eigenvalue weighted by Gasteiger charge is -2.30. The van der Waals surface area contributed by atoms with Crippen LogP contribution in [0, 0.1) is 6.92 Å². The molecule has 2 rings (SSSR count). The molecular formula is C15H24N2OS. The molecule has 1 atom stereocenters. The van der Waals surface area contributed by atoms with Crippen LogP contribution in [0.2, 0.25) is 0 Å². The number of hydrogen-bond acceptors (Lipinski definition) is 3. The maximum absolute atomic E-state index is 11.4. The molecule has 3 nitrogen and oxygen atoms in total. The molecule has 0 bridgehead atoms. The van der Waals surface area contributed by atoms with Crippen molar-refractivity contribution in [2.24, 2.45) is 5.73 Å². The Kier molecular flexibility index (Phi) is 4.99. The van der Waals surface area contributed by atoms with E-state index in [1.165, 1.54) is 16.8 Å². The largest absolute Gasteiger partial charge is 0.369 e. The first kappa shape index (κ1) is 14.5. The second-order valence-electron chi connectivity index (χ2n) is 5.33. The van der Waals surface area contributed by atoms with E-state index in [0.717, 1.165) is 37.4 Å². The Hall–Kier alpha value is -0.870. The summed E-state index contributed by atoms with van der Waals surface area (Å²) in [4.78, 5) is 2.35. The van der Waals surface area contributed by atoms with Gasteiger partial charge in [0.25, 0.3) is 0 Å². The molecule has 1 aliphatic heterocycles. The molecule has 0 aliphatic carbocycles. The molecule has 19 heavy (non-hydrogen) atoms. The Morgan fingerprint density at radius 1 is 1.37 bits per heavy atom. The summed E-state index contributed by atoms with van der Waals surface area (Å²) in [5, 5.41) is 0. The number of aryl methyl sites for hydroxylation is 1. The van der Waals surface area contributed by atoms with Gasteiger partial charge >= 0.3 is 0 Å². The number of nitrogens with two attached hydrogens (primary N) is 1. The van der Waals surface area contributed by atoms with E-state index in [4.69, 9.17) is 5.73 Å². The topological polar surface area (TPSA) is 46.3 Å². The Morgan fingerprint density at radius 3 is 2.63 bits per heavy atom. The third-order valence-electron chi connectivity index (χ3n) is 3.80. The lowest BCUT2D eigenvalue weighted by molar-refractivity contribution is 0.646. The van der Waals surface area contributed by atoms with Gasteiger partial charge in [0.2, 0.25) is 0 Å². The molecule has 0 radical (unpaired) electrons. The van der Waals surface area contributed by atoms with Gasteiger partial charge in [0.15, 0.2) is 0 Å². The maximum atomic E-state index is 11.4. The average molecular weight is 280 g/mol. The predicted octanol–water partition coefficient (Wildman–Crippen LogP) is 1.84. The van der Waals surface area contributed by atoms with Crippen LogP contribution >= 0.6 is 0 Å². The van der Waals surface area contributed by atoms with Crippen LogP contribution in [0.25, 0.3) is 0 Å². The van der Waals surface area contributed by atoms with E-state index in [2.05, 4.69) is 36.9 Å². The van der Waals surface area contributed by atoms with E-state index < -0.39 is 10.8 Å². The molecule has 1 aliphatic rings. The molecule has 0 aromatic heterocycles. The van der Waals surface area contributed by atoms with Crippen LogP contribution in [-0.4, -0.2) is 34.8 Å². The van der Waals surface area contributed by atoms with Gasteiger partial charge in [-0.15, -0.1) is 0 Å². The quantitative estimate of drug-likeness (QED) is 0.915. The molecule has 1 aromatic rings. The highest BCUT2D eigenvalue weighted by molar-refractivity contribution is 7.85. The molecule has 1 aromatic carbocycles. The zero-order chi connectivity index (χ0) is 13.8. The highest BCUT2D eigenvalue weighted by Gasteiger charge is 2.17. The van der Waals surface area contributed by atoms with E-state index in [1.54, 1.807) is 0 Å². The van der Waals surface area contributed by atoms with Crippen molar-refractivity contribution in [1.29, 1.82) is 0 Å². The van der Waals surface area contributed by atoms with E-state index in [1.807, 2.05) is 0 Å². The van der Waals surface area contributed by atoms with Crippen molar-refractivity contribution in [2.45, 2.75) is 32.7 Å². The third kappa shape index (κ3) is 3.80. The molecule has 1 heterocycles. The van der Waals surface area contributed by atoms with Gasteiger partial charge in [-0.25, -0.2) is 0 Å². The monoisotopic (exact) mass is 280 g/mol. The van der Waals surface area contributed by atoms with Crippen molar-refractivity contribution in [1.82, 2.24) is 0 Å². The second kappa shape index (κ2) is 6.53. The lowest BCUT2D eigenvalue weighted by Crippen LogP contribution is -2.38. The van der Waals surface area contributed by atoms with E-state index >= 15 is 0 Å². The van der Waals surface area contributed by atoms with Crippen molar-refractivity contribution >= 4 is 16.5 Å². The molecule has 1 saturated heterocycles. The van der Waals surface area contributed by atoms with Gasteiger partial charge in [-0.2, -0.15) is 0 Å². The zero-order valence-electron chi connectivity index (χ0n) is 11.9. The molecule has 1 unspecified atom stereocenters. The summed E-state index contributed by atoms with van der Waals surface area (Å²) in [5.74, 6) is 1.59. The van der Waals surface area contributed by atoms with Gasteiger partial charge in [0.05, 0.1) is 0 Å². The average Bonchev–Trinajstić information content (AvgIpc) is 2.40. The number of rotatable bonds is 4. The second-order valence-corrected chi connectivity index (χ2v) is 7.02. The van der Waals surface area contributed by atoms with Gasteiger partial charge in [-0.3, -0.25) is 4.21 Å². The van der Waals surface area contributed by atoms with Crippen LogP contribution in [0.3, 0.4) is 0 Å². The van der Waals surface area contributed by atoms with Crippen LogP contribution < -0.4 is 10.6 Å². The summed E-state index contributed by atoms with van der Waals surface area (Å²) >= 11 is 0. The summed E-state index contributed by atoms with van der Waals surface area (Å²) in [5.41, 5.74) is 9.91. The molecule has 106 valence electrons. The third-order valence-corrected chi connectivity index (χ3v) is 5.08. The standard InChI is InChI=1S/C15H24N2OS/c1-3-14(16)11-13-4-5-15(12(2)10-13)17-6-8-19(18)9-7-17/h4-5,10,14H,3,6-9,11,16H2,1-2H3. The van der Waals surface area contributed by atoms with E-state index in [0.29, 0.717) is 0 Å². The number of hydrogen-bond donors (Lipinski definition) is 1. The van der Waals surface area contributed by atoms with Gasteiger partial charge in [0, 0.05) is 47.1 Å². The Balaban J connectivity index is 2.08. The smallest absolute Gasteiger partial charge is 0.0411 e. The van der Waals surface area contributed by atoms with Crippen LogP contribution in [0.4, 0.5) is 5.69 Å². The minimum atomic E-state index is -0.613. The Morgan fingerprint density at radius 2 is 2.05 bits per heavy atom. The fourth-order valence-electron chi connectivity index (χ4n) is 2.53. The fraction of sp³-hybridized carbons (Fsp3) is 0.600. The minimum Gasteiger partial charge on any atom is -0.369 e. The van der Waals surface area contributed by atoms with Crippen LogP contribution in [0.15, 0.2) is 18.2 Å². The fourth-order valence-corrected chi connectivity index (χ4v) is 3.58. The SMILES string of the molecule is CCC(N)Cc1ccc(N2CCS(=O)CC2)c(C)c1. The molecular weight excluding hydrogens is 256 g/mol. The van der Waals surface area contributed by atoms with E-state index in [9.17, 15) is 4.21 Å². The summed E-state index contributed by atoms with van der Waals surface area (Å²) < 4.78 is 11.4. The predicted molar refractivity (Wildman–Crippen MR) is 83.2 cm³/mol. The molecule has 1 fully saturated rings. The minimum absolute atomic E-state index is 0.252. The number of nitrogens with zero attached hydrogens (tertiary/aromatic N) is 1. The molecule has 0 amide bonds. The van der Waals surface area contributed by atoms with E-state index in [-0.39, 0.29) is 6.04 Å². The zero-order valence-corrected chi connectivity index (χ0v) is 12.7. The summed E-state index contributed by atoms with van der Waals surface area (Å²) in [6.45, 7) is 6.09. The summed E-state index contributed by atoms with van der Waals surface area (Å²) in [6.07, 6.45) is 1.96.